The fourth-order valence-electron chi connectivity index (χ4n) is 3.77. The van der Waals surface area contributed by atoms with E-state index in [-0.39, 0.29) is 5.41 Å². The monoisotopic (exact) mass is 251 g/mol. The van der Waals surface area contributed by atoms with Crippen LogP contribution in [0.15, 0.2) is 0 Å². The number of hydrogen-bond donors (Lipinski definition) is 1. The lowest BCUT2D eigenvalue weighted by Crippen LogP contribution is -2.58. The van der Waals surface area contributed by atoms with Gasteiger partial charge in [-0.25, -0.2) is 0 Å². The Labute approximate surface area is 109 Å². The van der Waals surface area contributed by atoms with E-state index >= 15 is 0 Å². The van der Waals surface area contributed by atoms with E-state index in [1.165, 1.54) is 12.8 Å². The fraction of sp³-hybridized carbons (Fsp3) is 0.929. The molecule has 2 aliphatic carbocycles. The largest absolute Gasteiger partial charge is 0.340 e. The second kappa shape index (κ2) is 4.49. The SMILES string of the molecule is CC1CC(CN)(C(=O)N2CCN(C3CC3)CC2)C1. The topological polar surface area (TPSA) is 49.6 Å². The van der Waals surface area contributed by atoms with Crippen LogP contribution < -0.4 is 5.73 Å². The predicted octanol–water partition coefficient (Wildman–Crippen LogP) is 0.668. The molecular formula is C14H25N3O. The summed E-state index contributed by atoms with van der Waals surface area (Å²) in [5.74, 6) is 1.00. The number of nitrogens with two attached hydrogens (primary N) is 1. The molecule has 0 aromatic carbocycles. The van der Waals surface area contributed by atoms with Crippen LogP contribution in [0.3, 0.4) is 0 Å². The molecule has 0 radical (unpaired) electrons. The van der Waals surface area contributed by atoms with E-state index in [2.05, 4.69) is 16.7 Å². The van der Waals surface area contributed by atoms with Crippen LogP contribution in [0.5, 0.6) is 0 Å². The van der Waals surface area contributed by atoms with Gasteiger partial charge in [0.05, 0.1) is 5.41 Å². The summed E-state index contributed by atoms with van der Waals surface area (Å²) in [6, 6.07) is 0.828. The van der Waals surface area contributed by atoms with Crippen molar-refractivity contribution in [2.24, 2.45) is 17.1 Å². The third-order valence-electron chi connectivity index (χ3n) is 4.99. The van der Waals surface area contributed by atoms with Gasteiger partial charge >= 0.3 is 0 Å². The van der Waals surface area contributed by atoms with E-state index < -0.39 is 0 Å². The Morgan fingerprint density at radius 2 is 1.83 bits per heavy atom. The van der Waals surface area contributed by atoms with Gasteiger partial charge in [0.2, 0.25) is 5.91 Å². The highest BCUT2D eigenvalue weighted by Gasteiger charge is 2.49. The third kappa shape index (κ3) is 2.05. The van der Waals surface area contributed by atoms with E-state index in [0.717, 1.165) is 45.1 Å². The predicted molar refractivity (Wildman–Crippen MR) is 71.1 cm³/mol. The number of amides is 1. The lowest BCUT2D eigenvalue weighted by Gasteiger charge is -2.48. The van der Waals surface area contributed by atoms with Crippen LogP contribution in [0, 0.1) is 11.3 Å². The fourth-order valence-corrected chi connectivity index (χ4v) is 3.77. The molecule has 18 heavy (non-hydrogen) atoms. The van der Waals surface area contributed by atoms with Crippen LogP contribution in [-0.2, 0) is 4.79 Å². The minimum atomic E-state index is -0.207. The molecule has 4 heteroatoms. The van der Waals surface area contributed by atoms with Crippen LogP contribution in [-0.4, -0.2) is 54.5 Å². The Bertz CT molecular complexity index is 326. The summed E-state index contributed by atoms with van der Waals surface area (Å²) in [7, 11) is 0. The molecule has 3 fully saturated rings. The van der Waals surface area contributed by atoms with Crippen LogP contribution in [0.1, 0.15) is 32.6 Å². The summed E-state index contributed by atoms with van der Waals surface area (Å²) in [6.07, 6.45) is 4.70. The van der Waals surface area contributed by atoms with Gasteiger partial charge in [-0.15, -0.1) is 0 Å². The van der Waals surface area contributed by atoms with Crippen LogP contribution >= 0.6 is 0 Å². The molecule has 1 aliphatic heterocycles. The van der Waals surface area contributed by atoms with Gasteiger partial charge in [-0.1, -0.05) is 6.92 Å². The Hall–Kier alpha value is -0.610. The van der Waals surface area contributed by atoms with Gasteiger partial charge in [-0.05, 0) is 31.6 Å². The van der Waals surface area contributed by atoms with Crippen molar-refractivity contribution in [2.45, 2.75) is 38.6 Å². The highest BCUT2D eigenvalue weighted by molar-refractivity contribution is 5.84. The van der Waals surface area contributed by atoms with Gasteiger partial charge in [0, 0.05) is 38.8 Å². The molecule has 0 aromatic rings. The molecule has 0 bridgehead atoms. The van der Waals surface area contributed by atoms with E-state index in [0.29, 0.717) is 18.4 Å². The van der Waals surface area contributed by atoms with E-state index in [1.54, 1.807) is 0 Å². The molecule has 1 saturated heterocycles. The first-order valence-corrected chi connectivity index (χ1v) is 7.38. The average Bonchev–Trinajstić information content (AvgIpc) is 3.18. The van der Waals surface area contributed by atoms with Crippen molar-refractivity contribution in [2.75, 3.05) is 32.7 Å². The molecule has 4 nitrogen and oxygen atoms in total. The number of rotatable bonds is 3. The zero-order valence-electron chi connectivity index (χ0n) is 11.4. The molecule has 102 valence electrons. The van der Waals surface area contributed by atoms with Gasteiger partial charge in [-0.2, -0.15) is 0 Å². The van der Waals surface area contributed by atoms with Crippen molar-refractivity contribution in [3.8, 4) is 0 Å². The molecule has 1 amide bonds. The summed E-state index contributed by atoms with van der Waals surface area (Å²) < 4.78 is 0. The lowest BCUT2D eigenvalue weighted by molar-refractivity contribution is -0.151. The number of carbonyl (C=O) groups excluding carboxylic acids is 1. The maximum atomic E-state index is 12.6. The first-order valence-electron chi connectivity index (χ1n) is 7.38. The summed E-state index contributed by atoms with van der Waals surface area (Å²) in [6.45, 7) is 6.68. The van der Waals surface area contributed by atoms with Crippen LogP contribution in [0.2, 0.25) is 0 Å². The molecule has 0 unspecified atom stereocenters. The van der Waals surface area contributed by atoms with E-state index in [4.69, 9.17) is 5.73 Å². The Kier molecular flexibility index (Phi) is 3.10. The van der Waals surface area contributed by atoms with Crippen LogP contribution in [0.25, 0.3) is 0 Å². The first-order chi connectivity index (χ1) is 8.64. The zero-order valence-corrected chi connectivity index (χ0v) is 11.4. The van der Waals surface area contributed by atoms with Crippen molar-refractivity contribution in [3.63, 3.8) is 0 Å². The molecule has 0 atom stereocenters. The standard InChI is InChI=1S/C14H25N3O/c1-11-8-14(9-11,10-15)13(18)17-6-4-16(5-7-17)12-2-3-12/h11-12H,2-10,15H2,1H3. The Morgan fingerprint density at radius 3 is 2.28 bits per heavy atom. The number of carbonyl (C=O) groups is 1. The van der Waals surface area contributed by atoms with Crippen molar-refractivity contribution in [1.82, 2.24) is 9.80 Å². The second-order valence-corrected chi connectivity index (χ2v) is 6.56. The van der Waals surface area contributed by atoms with E-state index in [9.17, 15) is 4.79 Å². The zero-order chi connectivity index (χ0) is 12.8. The minimum Gasteiger partial charge on any atom is -0.340 e. The van der Waals surface area contributed by atoms with Crippen LogP contribution in [0.4, 0.5) is 0 Å². The van der Waals surface area contributed by atoms with Crippen molar-refractivity contribution in [1.29, 1.82) is 0 Å². The van der Waals surface area contributed by atoms with Gasteiger partial charge in [0.1, 0.15) is 0 Å². The average molecular weight is 251 g/mol. The minimum absolute atomic E-state index is 0.207. The smallest absolute Gasteiger partial charge is 0.230 e. The summed E-state index contributed by atoms with van der Waals surface area (Å²) in [5, 5.41) is 0. The van der Waals surface area contributed by atoms with Gasteiger partial charge < -0.3 is 10.6 Å². The molecule has 0 aromatic heterocycles. The normalized spacial score (nSPS) is 37.4. The number of nitrogens with zero attached hydrogens (tertiary/aromatic N) is 2. The number of piperazine rings is 1. The maximum Gasteiger partial charge on any atom is 0.230 e. The first kappa shape index (κ1) is 12.4. The lowest BCUT2D eigenvalue weighted by atomic mass is 9.62. The number of hydrogen-bond acceptors (Lipinski definition) is 3. The summed E-state index contributed by atoms with van der Waals surface area (Å²) >= 11 is 0. The van der Waals surface area contributed by atoms with Crippen molar-refractivity contribution < 1.29 is 4.79 Å². The van der Waals surface area contributed by atoms with E-state index in [1.807, 2.05) is 0 Å². The molecule has 1 heterocycles. The Balaban J connectivity index is 1.56. The Morgan fingerprint density at radius 1 is 1.22 bits per heavy atom. The maximum absolute atomic E-state index is 12.6. The molecular weight excluding hydrogens is 226 g/mol. The molecule has 2 saturated carbocycles. The van der Waals surface area contributed by atoms with Crippen molar-refractivity contribution in [3.05, 3.63) is 0 Å². The van der Waals surface area contributed by atoms with Crippen molar-refractivity contribution >= 4 is 5.91 Å². The molecule has 2 N–H and O–H groups in total. The molecule has 0 spiro atoms. The molecule has 3 rings (SSSR count). The summed E-state index contributed by atoms with van der Waals surface area (Å²) in [4.78, 5) is 17.2. The van der Waals surface area contributed by atoms with Gasteiger partial charge in [0.25, 0.3) is 0 Å². The van der Waals surface area contributed by atoms with Gasteiger partial charge in [0.15, 0.2) is 0 Å². The summed E-state index contributed by atoms with van der Waals surface area (Å²) in [5.41, 5.74) is 5.66. The quantitative estimate of drug-likeness (QED) is 0.802. The second-order valence-electron chi connectivity index (χ2n) is 6.56. The van der Waals surface area contributed by atoms with Gasteiger partial charge in [-0.3, -0.25) is 9.69 Å². The third-order valence-corrected chi connectivity index (χ3v) is 4.99. The molecule has 3 aliphatic rings. The highest BCUT2D eigenvalue weighted by atomic mass is 16.2. The highest BCUT2D eigenvalue weighted by Crippen LogP contribution is 2.46.